The molecule has 1 aliphatic heterocycles. The molecular weight excluding hydrogens is 362 g/mol. The van der Waals surface area contributed by atoms with Gasteiger partial charge in [-0.3, -0.25) is 9.59 Å². The fourth-order valence-corrected chi connectivity index (χ4v) is 3.57. The monoisotopic (exact) mass is 386 g/mol. The van der Waals surface area contributed by atoms with Gasteiger partial charge in [-0.1, -0.05) is 35.9 Å². The van der Waals surface area contributed by atoms with Crippen molar-refractivity contribution in [2.75, 3.05) is 30.3 Å². The molecular formula is C21H25ClN3O2+. The molecule has 0 spiro atoms. The number of carbonyl (C=O) groups excluding carboxylic acids is 2. The highest BCUT2D eigenvalue weighted by Gasteiger charge is 2.28. The normalized spacial score (nSPS) is 19.3. The lowest BCUT2D eigenvalue weighted by atomic mass is 9.96. The number of hydrogen-bond acceptors (Lipinski definition) is 2. The van der Waals surface area contributed by atoms with Gasteiger partial charge in [-0.05, 0) is 36.8 Å². The Morgan fingerprint density at radius 3 is 2.44 bits per heavy atom. The molecule has 0 aliphatic carbocycles. The molecule has 2 amide bonds. The number of quaternary nitrogens is 1. The summed E-state index contributed by atoms with van der Waals surface area (Å²) in [4.78, 5) is 25.9. The van der Waals surface area contributed by atoms with Crippen LogP contribution < -0.4 is 15.5 Å². The number of piperidine rings is 1. The van der Waals surface area contributed by atoms with E-state index >= 15 is 0 Å². The molecule has 0 aromatic heterocycles. The zero-order valence-corrected chi connectivity index (χ0v) is 16.2. The van der Waals surface area contributed by atoms with Crippen molar-refractivity contribution in [3.8, 4) is 0 Å². The van der Waals surface area contributed by atoms with Crippen molar-refractivity contribution in [3.05, 3.63) is 59.1 Å². The Kier molecular flexibility index (Phi) is 6.48. The van der Waals surface area contributed by atoms with Crippen molar-refractivity contribution in [2.24, 2.45) is 5.92 Å². The average molecular weight is 387 g/mol. The van der Waals surface area contributed by atoms with E-state index in [1.54, 1.807) is 0 Å². The molecule has 3 rings (SSSR count). The van der Waals surface area contributed by atoms with Crippen LogP contribution in [-0.2, 0) is 9.59 Å². The number of rotatable bonds is 5. The van der Waals surface area contributed by atoms with Gasteiger partial charge in [-0.2, -0.15) is 0 Å². The topological polar surface area (TPSA) is 62.6 Å². The first-order valence-corrected chi connectivity index (χ1v) is 9.65. The summed E-state index contributed by atoms with van der Waals surface area (Å²) >= 11 is 6.10. The second-order valence-corrected chi connectivity index (χ2v) is 7.42. The number of carbonyl (C=O) groups is 2. The lowest BCUT2D eigenvalue weighted by molar-refractivity contribution is -0.897. The maximum absolute atomic E-state index is 12.4. The molecule has 2 aromatic carbocycles. The highest BCUT2D eigenvalue weighted by molar-refractivity contribution is 6.31. The van der Waals surface area contributed by atoms with Crippen LogP contribution in [0.4, 0.5) is 11.4 Å². The van der Waals surface area contributed by atoms with Crippen LogP contribution in [0.1, 0.15) is 18.4 Å². The van der Waals surface area contributed by atoms with Crippen LogP contribution in [-0.4, -0.2) is 31.4 Å². The van der Waals surface area contributed by atoms with E-state index in [0.717, 1.165) is 42.9 Å². The van der Waals surface area contributed by atoms with Gasteiger partial charge in [0.25, 0.3) is 5.91 Å². The number of halogens is 1. The van der Waals surface area contributed by atoms with Gasteiger partial charge >= 0.3 is 0 Å². The first-order chi connectivity index (χ1) is 13.0. The van der Waals surface area contributed by atoms with Crippen molar-refractivity contribution in [1.82, 2.24) is 0 Å². The molecule has 6 heteroatoms. The lowest BCUT2D eigenvalue weighted by Crippen LogP contribution is -3.14. The fraction of sp³-hybridized carbons (Fsp3) is 0.333. The van der Waals surface area contributed by atoms with Crippen LogP contribution in [0.15, 0.2) is 48.5 Å². The minimum absolute atomic E-state index is 0.00666. The lowest BCUT2D eigenvalue weighted by Gasteiger charge is -2.28. The van der Waals surface area contributed by atoms with E-state index in [-0.39, 0.29) is 17.7 Å². The van der Waals surface area contributed by atoms with Gasteiger partial charge in [0.05, 0.1) is 13.1 Å². The molecule has 142 valence electrons. The summed E-state index contributed by atoms with van der Waals surface area (Å²) in [7, 11) is 0. The first-order valence-electron chi connectivity index (χ1n) is 9.27. The SMILES string of the molecule is Cc1c(Cl)cccc1NC(=O)C[NH+]1CCC(C(=O)Nc2ccccc2)CC1. The number of hydrogen-bond donors (Lipinski definition) is 3. The Labute approximate surface area is 164 Å². The maximum atomic E-state index is 12.4. The van der Waals surface area contributed by atoms with Crippen molar-refractivity contribution in [2.45, 2.75) is 19.8 Å². The van der Waals surface area contributed by atoms with Crippen molar-refractivity contribution >= 4 is 34.8 Å². The number of nitrogens with one attached hydrogen (secondary N) is 3. The smallest absolute Gasteiger partial charge is 0.279 e. The predicted molar refractivity (Wildman–Crippen MR) is 108 cm³/mol. The summed E-state index contributed by atoms with van der Waals surface area (Å²) in [5, 5.41) is 6.56. The Morgan fingerprint density at radius 2 is 1.74 bits per heavy atom. The molecule has 0 saturated carbocycles. The Bertz CT molecular complexity index is 802. The number of amides is 2. The number of likely N-dealkylation sites (tertiary alicyclic amines) is 1. The molecule has 1 aliphatic rings. The van der Waals surface area contributed by atoms with Gasteiger partial charge in [0.1, 0.15) is 0 Å². The van der Waals surface area contributed by atoms with E-state index in [1.807, 2.05) is 55.5 Å². The Balaban J connectivity index is 1.45. The molecule has 5 nitrogen and oxygen atoms in total. The zero-order valence-electron chi connectivity index (χ0n) is 15.4. The van der Waals surface area contributed by atoms with Gasteiger partial charge in [0, 0.05) is 35.2 Å². The van der Waals surface area contributed by atoms with Gasteiger partial charge in [-0.15, -0.1) is 0 Å². The van der Waals surface area contributed by atoms with Crippen LogP contribution in [0.2, 0.25) is 5.02 Å². The van der Waals surface area contributed by atoms with Crippen molar-refractivity contribution < 1.29 is 14.5 Å². The molecule has 0 atom stereocenters. The fourth-order valence-electron chi connectivity index (χ4n) is 3.40. The maximum Gasteiger partial charge on any atom is 0.279 e. The van der Waals surface area contributed by atoms with Crippen LogP contribution in [0.3, 0.4) is 0 Å². The molecule has 0 bridgehead atoms. The van der Waals surface area contributed by atoms with Crippen LogP contribution in [0.5, 0.6) is 0 Å². The molecule has 2 aromatic rings. The average Bonchev–Trinajstić information content (AvgIpc) is 2.67. The molecule has 1 heterocycles. The molecule has 1 fully saturated rings. The van der Waals surface area contributed by atoms with Gasteiger partial charge in [0.2, 0.25) is 5.91 Å². The standard InChI is InChI=1S/C21H24ClN3O2/c1-15-18(22)8-5-9-19(15)24-20(26)14-25-12-10-16(11-13-25)21(27)23-17-6-3-2-4-7-17/h2-9,16H,10-14H2,1H3,(H,23,27)(H,24,26)/p+1. The molecule has 0 unspecified atom stereocenters. The summed E-state index contributed by atoms with van der Waals surface area (Å²) in [5.74, 6) is 0.0500. The summed E-state index contributed by atoms with van der Waals surface area (Å²) in [6.45, 7) is 3.92. The number of anilines is 2. The summed E-state index contributed by atoms with van der Waals surface area (Å²) in [5.41, 5.74) is 2.45. The van der Waals surface area contributed by atoms with Gasteiger partial charge < -0.3 is 15.5 Å². The molecule has 1 saturated heterocycles. The second kappa shape index (κ2) is 9.02. The third-order valence-electron chi connectivity index (χ3n) is 5.06. The largest absolute Gasteiger partial charge is 0.327 e. The van der Waals surface area contributed by atoms with E-state index in [2.05, 4.69) is 10.6 Å². The first kappa shape index (κ1) is 19.4. The van der Waals surface area contributed by atoms with Crippen molar-refractivity contribution in [3.63, 3.8) is 0 Å². The molecule has 0 radical (unpaired) electrons. The quantitative estimate of drug-likeness (QED) is 0.739. The van der Waals surface area contributed by atoms with E-state index in [4.69, 9.17) is 11.6 Å². The van der Waals surface area contributed by atoms with Crippen LogP contribution >= 0.6 is 11.6 Å². The van der Waals surface area contributed by atoms with Crippen LogP contribution in [0.25, 0.3) is 0 Å². The predicted octanol–water partition coefficient (Wildman–Crippen LogP) is 2.52. The van der Waals surface area contributed by atoms with E-state index < -0.39 is 0 Å². The van der Waals surface area contributed by atoms with Gasteiger partial charge in [0.15, 0.2) is 6.54 Å². The van der Waals surface area contributed by atoms with E-state index in [1.165, 1.54) is 4.90 Å². The Hall–Kier alpha value is -2.37. The summed E-state index contributed by atoms with van der Waals surface area (Å²) < 4.78 is 0. The molecule has 3 N–H and O–H groups in total. The molecule has 27 heavy (non-hydrogen) atoms. The third-order valence-corrected chi connectivity index (χ3v) is 5.47. The minimum Gasteiger partial charge on any atom is -0.327 e. The summed E-state index contributed by atoms with van der Waals surface area (Å²) in [6.07, 6.45) is 1.58. The number of benzene rings is 2. The zero-order chi connectivity index (χ0) is 19.2. The van der Waals surface area contributed by atoms with Crippen molar-refractivity contribution in [1.29, 1.82) is 0 Å². The third kappa shape index (κ3) is 5.31. The minimum atomic E-state index is -0.0254. The van der Waals surface area contributed by atoms with Crippen LogP contribution in [0, 0.1) is 12.8 Å². The number of para-hydroxylation sites is 1. The van der Waals surface area contributed by atoms with E-state index in [0.29, 0.717) is 11.6 Å². The second-order valence-electron chi connectivity index (χ2n) is 7.02. The van der Waals surface area contributed by atoms with Gasteiger partial charge in [-0.25, -0.2) is 0 Å². The van der Waals surface area contributed by atoms with E-state index in [9.17, 15) is 9.59 Å². The highest BCUT2D eigenvalue weighted by atomic mass is 35.5. The summed E-state index contributed by atoms with van der Waals surface area (Å²) in [6, 6.07) is 15.0. The Morgan fingerprint density at radius 1 is 1.04 bits per heavy atom. The highest BCUT2D eigenvalue weighted by Crippen LogP contribution is 2.22.